The van der Waals surface area contributed by atoms with E-state index in [1.54, 1.807) is 0 Å². The van der Waals surface area contributed by atoms with Gasteiger partial charge in [0.25, 0.3) is 0 Å². The molecule has 0 aromatic heterocycles. The fourth-order valence-electron chi connectivity index (χ4n) is 0.652. The molecule has 0 bridgehead atoms. The van der Waals surface area contributed by atoms with Crippen molar-refractivity contribution >= 4 is 5.97 Å². The molecule has 8 heavy (non-hydrogen) atoms. The summed E-state index contributed by atoms with van der Waals surface area (Å²) in [7, 11) is 0. The molecule has 1 N–H and O–H groups in total. The fraction of sp³-hybridized carbons (Fsp3) is 0.500. The molecule has 0 heterocycles. The molecule has 42 valence electrons. The number of carbonyl (C=O) groups is 1. The molecule has 0 radical (unpaired) electrons. The van der Waals surface area contributed by atoms with Crippen LogP contribution in [0.15, 0.2) is 0 Å². The van der Waals surface area contributed by atoms with Gasteiger partial charge in [-0.05, 0) is 6.42 Å². The molecular weight excluding hydrogens is 104 g/mol. The van der Waals surface area contributed by atoms with Crippen LogP contribution in [0.3, 0.4) is 0 Å². The van der Waals surface area contributed by atoms with Gasteiger partial charge in [0.1, 0.15) is 0 Å². The average molecular weight is 110 g/mol. The van der Waals surface area contributed by atoms with Crippen LogP contribution < -0.4 is 0 Å². The van der Waals surface area contributed by atoms with E-state index in [2.05, 4.69) is 5.92 Å². The largest absolute Gasteiger partial charge is 0.481 e. The van der Waals surface area contributed by atoms with Gasteiger partial charge in [-0.2, -0.15) is 0 Å². The quantitative estimate of drug-likeness (QED) is 0.494. The first-order valence-electron chi connectivity index (χ1n) is 2.44. The minimum atomic E-state index is -0.757. The van der Waals surface area contributed by atoms with Crippen LogP contribution in [0.1, 0.15) is 6.42 Å². The highest BCUT2D eigenvalue weighted by molar-refractivity contribution is 5.74. The van der Waals surface area contributed by atoms with Gasteiger partial charge < -0.3 is 5.11 Å². The number of rotatable bonds is 1. The van der Waals surface area contributed by atoms with Crippen molar-refractivity contribution in [2.24, 2.45) is 11.8 Å². The van der Waals surface area contributed by atoms with E-state index in [0.717, 1.165) is 0 Å². The highest BCUT2D eigenvalue weighted by Gasteiger charge is 2.41. The van der Waals surface area contributed by atoms with Crippen LogP contribution in [0.2, 0.25) is 0 Å². The van der Waals surface area contributed by atoms with E-state index in [9.17, 15) is 4.79 Å². The monoisotopic (exact) mass is 110 g/mol. The number of aliphatic carboxylic acids is 1. The molecule has 0 aromatic rings. The summed E-state index contributed by atoms with van der Waals surface area (Å²) in [5.41, 5.74) is 0. The van der Waals surface area contributed by atoms with Crippen molar-refractivity contribution in [3.05, 3.63) is 0 Å². The second kappa shape index (κ2) is 1.52. The third-order valence-electron chi connectivity index (χ3n) is 1.32. The molecule has 0 aromatic carbocycles. The molecule has 2 atom stereocenters. The Morgan fingerprint density at radius 1 is 1.88 bits per heavy atom. The molecule has 0 amide bonds. The van der Waals surface area contributed by atoms with Crippen molar-refractivity contribution in [1.82, 2.24) is 0 Å². The van der Waals surface area contributed by atoms with Crippen LogP contribution in [-0.4, -0.2) is 11.1 Å². The van der Waals surface area contributed by atoms with Gasteiger partial charge in [-0.15, -0.1) is 12.3 Å². The predicted octanol–water partition coefficient (Wildman–Crippen LogP) is 0.340. The van der Waals surface area contributed by atoms with Crippen LogP contribution in [0.5, 0.6) is 0 Å². The zero-order valence-electron chi connectivity index (χ0n) is 4.29. The van der Waals surface area contributed by atoms with E-state index in [0.29, 0.717) is 6.42 Å². The summed E-state index contributed by atoms with van der Waals surface area (Å²) in [5.74, 6) is 1.42. The highest BCUT2D eigenvalue weighted by Crippen LogP contribution is 2.37. The third kappa shape index (κ3) is 0.671. The lowest BCUT2D eigenvalue weighted by Gasteiger charge is -1.79. The maximum atomic E-state index is 10.0. The summed E-state index contributed by atoms with van der Waals surface area (Å²) >= 11 is 0. The Morgan fingerprint density at radius 3 is 2.62 bits per heavy atom. The fourth-order valence-corrected chi connectivity index (χ4v) is 0.652. The number of carboxylic acid groups (broad SMARTS) is 1. The summed E-state index contributed by atoms with van der Waals surface area (Å²) in [5, 5.41) is 8.26. The Hall–Kier alpha value is -0.970. The lowest BCUT2D eigenvalue weighted by atomic mass is 10.3. The summed E-state index contributed by atoms with van der Waals surface area (Å²) in [6.07, 6.45) is 5.62. The first-order valence-corrected chi connectivity index (χ1v) is 2.44. The summed E-state index contributed by atoms with van der Waals surface area (Å²) in [6, 6.07) is 0. The Kier molecular flexibility index (Phi) is 0.980. The molecule has 1 aliphatic carbocycles. The van der Waals surface area contributed by atoms with Gasteiger partial charge in [-0.25, -0.2) is 0 Å². The van der Waals surface area contributed by atoms with E-state index in [1.807, 2.05) is 0 Å². The van der Waals surface area contributed by atoms with E-state index in [4.69, 9.17) is 11.5 Å². The minimum absolute atomic E-state index is 0.0208. The van der Waals surface area contributed by atoms with Crippen molar-refractivity contribution in [2.45, 2.75) is 6.42 Å². The summed E-state index contributed by atoms with van der Waals surface area (Å²) < 4.78 is 0. The first-order chi connectivity index (χ1) is 3.75. The number of hydrogen-bond donors (Lipinski definition) is 1. The van der Waals surface area contributed by atoms with Crippen LogP contribution in [0.25, 0.3) is 0 Å². The molecule has 2 nitrogen and oxygen atoms in total. The molecule has 1 fully saturated rings. The maximum absolute atomic E-state index is 10.0. The van der Waals surface area contributed by atoms with E-state index in [-0.39, 0.29) is 11.8 Å². The van der Waals surface area contributed by atoms with Gasteiger partial charge in [0.15, 0.2) is 0 Å². The molecule has 2 heteroatoms. The smallest absolute Gasteiger partial charge is 0.307 e. The molecule has 0 aliphatic heterocycles. The van der Waals surface area contributed by atoms with E-state index < -0.39 is 5.97 Å². The molecule has 0 unspecified atom stereocenters. The molecule has 1 saturated carbocycles. The van der Waals surface area contributed by atoms with Crippen molar-refractivity contribution in [1.29, 1.82) is 0 Å². The SMILES string of the molecule is C#C[C@H]1C[C@@H]1C(=O)O. The topological polar surface area (TPSA) is 37.3 Å². The maximum Gasteiger partial charge on any atom is 0.307 e. The minimum Gasteiger partial charge on any atom is -0.481 e. The zero-order chi connectivity index (χ0) is 6.15. The van der Waals surface area contributed by atoms with Crippen LogP contribution in [0, 0.1) is 24.2 Å². The lowest BCUT2D eigenvalue weighted by Crippen LogP contribution is -1.97. The van der Waals surface area contributed by atoms with E-state index in [1.165, 1.54) is 0 Å². The molecule has 0 spiro atoms. The molecule has 1 aliphatic rings. The van der Waals surface area contributed by atoms with Gasteiger partial charge in [-0.1, -0.05) is 0 Å². The van der Waals surface area contributed by atoms with Crippen molar-refractivity contribution < 1.29 is 9.90 Å². The second-order valence-electron chi connectivity index (χ2n) is 1.95. The Labute approximate surface area is 47.5 Å². The molecular formula is C6H6O2. The second-order valence-corrected chi connectivity index (χ2v) is 1.95. The Bertz CT molecular complexity index is 154. The predicted molar refractivity (Wildman–Crippen MR) is 28.1 cm³/mol. The van der Waals surface area contributed by atoms with Gasteiger partial charge in [0.05, 0.1) is 5.92 Å². The number of terminal acetylenes is 1. The van der Waals surface area contributed by atoms with Crippen LogP contribution >= 0.6 is 0 Å². The van der Waals surface area contributed by atoms with Gasteiger partial charge >= 0.3 is 5.97 Å². The molecule has 1 rings (SSSR count). The lowest BCUT2D eigenvalue weighted by molar-refractivity contribution is -0.138. The molecule has 0 saturated heterocycles. The highest BCUT2D eigenvalue weighted by atomic mass is 16.4. The van der Waals surface area contributed by atoms with Crippen LogP contribution in [-0.2, 0) is 4.79 Å². The Morgan fingerprint density at radius 2 is 2.50 bits per heavy atom. The average Bonchev–Trinajstić information content (AvgIpc) is 2.42. The number of carboxylic acids is 1. The third-order valence-corrected chi connectivity index (χ3v) is 1.32. The number of hydrogen-bond acceptors (Lipinski definition) is 1. The summed E-state index contributed by atoms with van der Waals surface area (Å²) in [4.78, 5) is 10.0. The van der Waals surface area contributed by atoms with Crippen molar-refractivity contribution in [3.63, 3.8) is 0 Å². The summed E-state index contributed by atoms with van der Waals surface area (Å²) in [6.45, 7) is 0. The van der Waals surface area contributed by atoms with Crippen LogP contribution in [0.4, 0.5) is 0 Å². The van der Waals surface area contributed by atoms with Gasteiger partial charge in [0, 0.05) is 5.92 Å². The van der Waals surface area contributed by atoms with E-state index >= 15 is 0 Å². The van der Waals surface area contributed by atoms with Gasteiger partial charge in [0.2, 0.25) is 0 Å². The van der Waals surface area contributed by atoms with Crippen molar-refractivity contribution in [3.8, 4) is 12.3 Å². The zero-order valence-corrected chi connectivity index (χ0v) is 4.29. The standard InChI is InChI=1S/C6H6O2/c1-2-4-3-5(4)6(7)8/h1,4-5H,3H2,(H,7,8)/t4-,5-/m0/s1. The first kappa shape index (κ1) is 5.17. The van der Waals surface area contributed by atoms with Crippen molar-refractivity contribution in [2.75, 3.05) is 0 Å². The Balaban J connectivity index is 2.40. The normalized spacial score (nSPS) is 33.4. The van der Waals surface area contributed by atoms with Gasteiger partial charge in [-0.3, -0.25) is 4.79 Å².